The van der Waals surface area contributed by atoms with Crippen molar-refractivity contribution in [1.82, 2.24) is 10.2 Å². The third kappa shape index (κ3) is 5.20. The van der Waals surface area contributed by atoms with Crippen LogP contribution in [-0.2, 0) is 16.6 Å². The average Bonchev–Trinajstić information content (AvgIpc) is 2.69. The van der Waals surface area contributed by atoms with E-state index in [9.17, 15) is 8.42 Å². The van der Waals surface area contributed by atoms with E-state index in [0.717, 1.165) is 5.56 Å². The quantitative estimate of drug-likeness (QED) is 0.602. The predicted octanol–water partition coefficient (Wildman–Crippen LogP) is 3.60. The van der Waals surface area contributed by atoms with Crippen LogP contribution >= 0.6 is 0 Å². The van der Waals surface area contributed by atoms with Gasteiger partial charge in [0, 0.05) is 6.54 Å². The third-order valence-corrected chi connectivity index (χ3v) is 5.31. The van der Waals surface area contributed by atoms with Crippen molar-refractivity contribution in [3.05, 3.63) is 71.8 Å². The fourth-order valence-electron chi connectivity index (χ4n) is 2.46. The number of ether oxygens (including phenoxy) is 1. The van der Waals surface area contributed by atoms with Crippen LogP contribution in [0.3, 0.4) is 0 Å². The highest BCUT2D eigenvalue weighted by Crippen LogP contribution is 2.18. The van der Waals surface area contributed by atoms with Gasteiger partial charge in [-0.25, -0.2) is 8.42 Å². The van der Waals surface area contributed by atoms with Crippen LogP contribution in [0.4, 0.5) is 11.6 Å². The Bertz CT molecular complexity index is 1000. The Morgan fingerprint density at radius 2 is 1.54 bits per heavy atom. The highest BCUT2D eigenvalue weighted by Gasteiger charge is 2.15. The topological polar surface area (TPSA) is 93.2 Å². The molecule has 146 valence electrons. The van der Waals surface area contributed by atoms with Gasteiger partial charge >= 0.3 is 0 Å². The van der Waals surface area contributed by atoms with Gasteiger partial charge in [-0.15, -0.1) is 10.2 Å². The maximum absolute atomic E-state index is 12.5. The van der Waals surface area contributed by atoms with E-state index in [0.29, 0.717) is 24.7 Å². The summed E-state index contributed by atoms with van der Waals surface area (Å²) in [5.74, 6) is 1.32. The molecule has 1 aromatic heterocycles. The minimum atomic E-state index is -3.75. The Labute approximate surface area is 164 Å². The summed E-state index contributed by atoms with van der Waals surface area (Å²) in [7, 11) is -3.75. The number of nitrogens with zero attached hydrogens (tertiary/aromatic N) is 2. The van der Waals surface area contributed by atoms with Crippen LogP contribution in [0.15, 0.2) is 65.6 Å². The summed E-state index contributed by atoms with van der Waals surface area (Å²) in [6.45, 7) is 5.02. The highest BCUT2D eigenvalue weighted by molar-refractivity contribution is 7.92. The number of aromatic nitrogens is 2. The minimum Gasteiger partial charge on any atom is -0.494 e. The van der Waals surface area contributed by atoms with Gasteiger partial charge in [0.1, 0.15) is 11.6 Å². The summed E-state index contributed by atoms with van der Waals surface area (Å²) >= 11 is 0. The Hall–Kier alpha value is -3.13. The number of hydrogen-bond acceptors (Lipinski definition) is 6. The summed E-state index contributed by atoms with van der Waals surface area (Å²) in [6, 6.07) is 17.6. The van der Waals surface area contributed by atoms with E-state index in [-0.39, 0.29) is 10.7 Å². The van der Waals surface area contributed by atoms with E-state index in [1.54, 1.807) is 24.3 Å². The van der Waals surface area contributed by atoms with Gasteiger partial charge in [0.05, 0.1) is 11.5 Å². The van der Waals surface area contributed by atoms with Crippen molar-refractivity contribution in [2.75, 3.05) is 16.6 Å². The molecule has 2 aromatic carbocycles. The number of nitrogens with one attached hydrogen (secondary N) is 2. The van der Waals surface area contributed by atoms with Crippen LogP contribution in [-0.4, -0.2) is 25.2 Å². The van der Waals surface area contributed by atoms with Crippen molar-refractivity contribution in [2.45, 2.75) is 25.3 Å². The second kappa shape index (κ2) is 8.71. The Balaban J connectivity index is 1.61. The summed E-state index contributed by atoms with van der Waals surface area (Å²) in [4.78, 5) is 0.124. The molecule has 1 heterocycles. The maximum Gasteiger partial charge on any atom is 0.263 e. The molecule has 0 radical (unpaired) electrons. The fraction of sp³-hybridized carbons (Fsp3) is 0.200. The third-order valence-electron chi connectivity index (χ3n) is 3.94. The minimum absolute atomic E-state index is 0.124. The monoisotopic (exact) mass is 398 g/mol. The molecular weight excluding hydrogens is 376 g/mol. The second-order valence-electron chi connectivity index (χ2n) is 6.15. The SMILES string of the molecule is CCOc1ccc(S(=O)(=O)Nc2ccc(NCc3ccc(C)cc3)nn2)cc1. The van der Waals surface area contributed by atoms with Gasteiger partial charge in [-0.3, -0.25) is 4.72 Å². The van der Waals surface area contributed by atoms with Crippen LogP contribution < -0.4 is 14.8 Å². The van der Waals surface area contributed by atoms with Crippen LogP contribution in [0.25, 0.3) is 0 Å². The first-order chi connectivity index (χ1) is 13.5. The van der Waals surface area contributed by atoms with E-state index in [2.05, 4.69) is 20.2 Å². The molecule has 0 aliphatic carbocycles. The summed E-state index contributed by atoms with van der Waals surface area (Å²) in [5.41, 5.74) is 2.32. The number of sulfonamides is 1. The fourth-order valence-corrected chi connectivity index (χ4v) is 3.45. The van der Waals surface area contributed by atoms with Gasteiger partial charge in [-0.2, -0.15) is 0 Å². The summed E-state index contributed by atoms with van der Waals surface area (Å²) in [5, 5.41) is 11.1. The number of rotatable bonds is 8. The standard InChI is InChI=1S/C20H22N4O3S/c1-3-27-17-8-10-18(11-9-17)28(25,26)24-20-13-12-19(22-23-20)21-14-16-6-4-15(2)5-7-16/h4-13H,3,14H2,1-2H3,(H,21,22)(H,23,24). The number of benzene rings is 2. The van der Waals surface area contributed by atoms with E-state index in [1.807, 2.05) is 38.1 Å². The van der Waals surface area contributed by atoms with Crippen LogP contribution in [0, 0.1) is 6.92 Å². The molecule has 28 heavy (non-hydrogen) atoms. The first-order valence-electron chi connectivity index (χ1n) is 8.85. The molecule has 0 fully saturated rings. The van der Waals surface area contributed by atoms with Crippen molar-refractivity contribution in [3.63, 3.8) is 0 Å². The maximum atomic E-state index is 12.5. The molecule has 0 aliphatic rings. The predicted molar refractivity (Wildman–Crippen MR) is 109 cm³/mol. The van der Waals surface area contributed by atoms with E-state index in [1.165, 1.54) is 17.7 Å². The van der Waals surface area contributed by atoms with Gasteiger partial charge in [0.2, 0.25) is 0 Å². The lowest BCUT2D eigenvalue weighted by Gasteiger charge is -2.09. The molecule has 0 aliphatic heterocycles. The zero-order valence-corrected chi connectivity index (χ0v) is 16.5. The smallest absolute Gasteiger partial charge is 0.263 e. The van der Waals surface area contributed by atoms with Gasteiger partial charge in [0.15, 0.2) is 5.82 Å². The Morgan fingerprint density at radius 3 is 2.14 bits per heavy atom. The molecule has 3 aromatic rings. The number of hydrogen-bond donors (Lipinski definition) is 2. The van der Waals surface area contributed by atoms with Crippen molar-refractivity contribution < 1.29 is 13.2 Å². The molecule has 0 spiro atoms. The lowest BCUT2D eigenvalue weighted by molar-refractivity contribution is 0.340. The molecule has 3 rings (SSSR count). The van der Waals surface area contributed by atoms with Gasteiger partial charge in [-0.05, 0) is 55.8 Å². The van der Waals surface area contributed by atoms with Crippen LogP contribution in [0.5, 0.6) is 5.75 Å². The van der Waals surface area contributed by atoms with Crippen molar-refractivity contribution >= 4 is 21.7 Å². The van der Waals surface area contributed by atoms with Crippen molar-refractivity contribution in [2.24, 2.45) is 0 Å². The van der Waals surface area contributed by atoms with Gasteiger partial charge in [-0.1, -0.05) is 29.8 Å². The summed E-state index contributed by atoms with van der Waals surface area (Å²) < 4.78 is 32.7. The largest absolute Gasteiger partial charge is 0.494 e. The average molecular weight is 398 g/mol. The second-order valence-corrected chi connectivity index (χ2v) is 7.84. The lowest BCUT2D eigenvalue weighted by atomic mass is 10.1. The molecule has 8 heteroatoms. The van der Waals surface area contributed by atoms with Crippen LogP contribution in [0.2, 0.25) is 0 Å². The molecule has 0 saturated heterocycles. The number of anilines is 2. The molecule has 0 bridgehead atoms. The molecule has 0 atom stereocenters. The zero-order valence-electron chi connectivity index (χ0n) is 15.7. The van der Waals surface area contributed by atoms with Crippen LogP contribution in [0.1, 0.15) is 18.1 Å². The van der Waals surface area contributed by atoms with Gasteiger partial charge in [0.25, 0.3) is 10.0 Å². The van der Waals surface area contributed by atoms with Crippen molar-refractivity contribution in [1.29, 1.82) is 0 Å². The Kier molecular flexibility index (Phi) is 6.10. The first kappa shape index (κ1) is 19.6. The normalized spacial score (nSPS) is 11.1. The molecule has 0 saturated carbocycles. The zero-order chi connectivity index (χ0) is 20.0. The van der Waals surface area contributed by atoms with E-state index < -0.39 is 10.0 Å². The molecule has 7 nitrogen and oxygen atoms in total. The van der Waals surface area contributed by atoms with Gasteiger partial charge < -0.3 is 10.1 Å². The summed E-state index contributed by atoms with van der Waals surface area (Å²) in [6.07, 6.45) is 0. The molecular formula is C20H22N4O3S. The molecule has 0 unspecified atom stereocenters. The van der Waals surface area contributed by atoms with E-state index >= 15 is 0 Å². The molecule has 2 N–H and O–H groups in total. The van der Waals surface area contributed by atoms with Crippen molar-refractivity contribution in [3.8, 4) is 5.75 Å². The van der Waals surface area contributed by atoms with E-state index in [4.69, 9.17) is 4.74 Å². The lowest BCUT2D eigenvalue weighted by Crippen LogP contribution is -2.14. The first-order valence-corrected chi connectivity index (χ1v) is 10.3. The Morgan fingerprint density at radius 1 is 0.893 bits per heavy atom. The highest BCUT2D eigenvalue weighted by atomic mass is 32.2. The number of aryl methyl sites for hydroxylation is 1. The molecule has 0 amide bonds.